The van der Waals surface area contributed by atoms with Gasteiger partial charge in [-0.25, -0.2) is 0 Å². The zero-order valence-electron chi connectivity index (χ0n) is 41.9. The number of hydrogen-bond acceptors (Lipinski definition) is 3. The molecular weight excluding hydrogens is 733 g/mol. The molecule has 0 aliphatic carbocycles. The van der Waals surface area contributed by atoms with Gasteiger partial charge >= 0.3 is 0 Å². The predicted octanol–water partition coefficient (Wildman–Crippen LogP) is 19.2. The van der Waals surface area contributed by atoms with E-state index in [1.165, 1.54) is 257 Å². The van der Waals surface area contributed by atoms with Crippen molar-refractivity contribution in [3.8, 4) is 0 Å². The highest BCUT2D eigenvalue weighted by molar-refractivity contribution is 4.99. The van der Waals surface area contributed by atoms with Crippen LogP contribution in [0.3, 0.4) is 0 Å². The Balaban J connectivity index is 4.48. The summed E-state index contributed by atoms with van der Waals surface area (Å²) in [4.78, 5) is 0. The van der Waals surface area contributed by atoms with Gasteiger partial charge in [-0.1, -0.05) is 303 Å². The van der Waals surface area contributed by atoms with Crippen LogP contribution in [0.5, 0.6) is 0 Å². The summed E-state index contributed by atoms with van der Waals surface area (Å²) in [5.74, 6) is 0. The Morgan fingerprint density at radius 3 is 0.650 bits per heavy atom. The van der Waals surface area contributed by atoms with Crippen molar-refractivity contribution in [1.82, 2.24) is 0 Å². The molecule has 1 unspecified atom stereocenters. The molecule has 1 atom stereocenters. The second kappa shape index (κ2) is 48.1. The van der Waals surface area contributed by atoms with Crippen molar-refractivity contribution in [2.75, 3.05) is 6.61 Å². The Hall–Kier alpha value is -0.380. The number of allylic oxidation sites excluding steroid dienone is 2. The maximum absolute atomic E-state index is 12.2. The summed E-state index contributed by atoms with van der Waals surface area (Å²) in [6.45, 7) is 6.55. The van der Waals surface area contributed by atoms with Gasteiger partial charge < -0.3 is 15.3 Å². The lowest BCUT2D eigenvalue weighted by atomic mass is 9.73. The molecule has 0 aliphatic rings. The molecule has 0 radical (unpaired) electrons. The highest BCUT2D eigenvalue weighted by atomic mass is 16.4. The van der Waals surface area contributed by atoms with E-state index in [1.807, 2.05) is 0 Å². The lowest BCUT2D eigenvalue weighted by Gasteiger charge is -2.43. The minimum absolute atomic E-state index is 0.327. The van der Waals surface area contributed by atoms with Gasteiger partial charge in [-0.05, 0) is 44.9 Å². The molecule has 360 valence electrons. The lowest BCUT2D eigenvalue weighted by molar-refractivity contribution is -0.185. The van der Waals surface area contributed by atoms with Crippen LogP contribution in [0.15, 0.2) is 12.2 Å². The van der Waals surface area contributed by atoms with Crippen molar-refractivity contribution < 1.29 is 15.3 Å². The number of rotatable bonds is 52. The van der Waals surface area contributed by atoms with Crippen LogP contribution in [0.2, 0.25) is 0 Å². The minimum Gasteiger partial charge on any atom is -0.393 e. The van der Waals surface area contributed by atoms with E-state index in [1.54, 1.807) is 0 Å². The summed E-state index contributed by atoms with van der Waals surface area (Å²) in [5.41, 5.74) is -2.57. The fraction of sp³-hybridized carbons (Fsp3) is 0.965. The molecule has 3 nitrogen and oxygen atoms in total. The van der Waals surface area contributed by atoms with Crippen molar-refractivity contribution in [2.45, 2.75) is 347 Å². The highest BCUT2D eigenvalue weighted by Gasteiger charge is 2.47. The molecule has 0 aromatic heterocycles. The Labute approximate surface area is 379 Å². The quantitative estimate of drug-likeness (QED) is 0.0422. The van der Waals surface area contributed by atoms with Gasteiger partial charge in [0.1, 0.15) is 5.60 Å². The highest BCUT2D eigenvalue weighted by Crippen LogP contribution is 2.37. The second-order valence-electron chi connectivity index (χ2n) is 20.0. The first-order chi connectivity index (χ1) is 29.5. The Morgan fingerprint density at radius 1 is 0.250 bits per heavy atom. The molecule has 0 aromatic rings. The molecule has 0 aromatic carbocycles. The van der Waals surface area contributed by atoms with Crippen LogP contribution < -0.4 is 0 Å². The zero-order valence-corrected chi connectivity index (χ0v) is 41.9. The van der Waals surface area contributed by atoms with Crippen molar-refractivity contribution in [2.24, 2.45) is 0 Å². The number of aliphatic hydroxyl groups excluding tert-OH is 1. The third-order valence-electron chi connectivity index (χ3n) is 14.1. The monoisotopic (exact) mass is 847 g/mol. The van der Waals surface area contributed by atoms with Crippen LogP contribution in [0.1, 0.15) is 335 Å². The van der Waals surface area contributed by atoms with Crippen LogP contribution in [-0.2, 0) is 0 Å². The topological polar surface area (TPSA) is 60.7 Å². The number of unbranched alkanes of at least 4 members (excludes halogenated alkanes) is 42. The molecule has 3 heteroatoms. The van der Waals surface area contributed by atoms with E-state index in [9.17, 15) is 15.3 Å². The van der Waals surface area contributed by atoms with E-state index in [0.29, 0.717) is 19.3 Å². The third-order valence-corrected chi connectivity index (χ3v) is 14.1. The van der Waals surface area contributed by atoms with Gasteiger partial charge in [0.2, 0.25) is 0 Å². The largest absolute Gasteiger partial charge is 0.393 e. The molecular formula is C57H114O3. The van der Waals surface area contributed by atoms with Crippen molar-refractivity contribution in [1.29, 1.82) is 0 Å². The molecule has 0 saturated carbocycles. The molecule has 0 aliphatic heterocycles. The molecule has 0 heterocycles. The Bertz CT molecular complexity index is 788. The van der Waals surface area contributed by atoms with Crippen LogP contribution in [0.25, 0.3) is 0 Å². The van der Waals surface area contributed by atoms with Gasteiger partial charge in [0, 0.05) is 0 Å². The lowest BCUT2D eigenvalue weighted by Crippen LogP contribution is -2.56. The van der Waals surface area contributed by atoms with Gasteiger partial charge in [-0.2, -0.15) is 0 Å². The van der Waals surface area contributed by atoms with E-state index < -0.39 is 11.2 Å². The average Bonchev–Trinajstić information content (AvgIpc) is 3.25. The summed E-state index contributed by atoms with van der Waals surface area (Å²) >= 11 is 0. The minimum atomic E-state index is -1.39. The van der Waals surface area contributed by atoms with Gasteiger partial charge in [-0.15, -0.1) is 0 Å². The molecule has 0 fully saturated rings. The van der Waals surface area contributed by atoms with Crippen LogP contribution >= 0.6 is 0 Å². The Kier molecular flexibility index (Phi) is 47.8. The summed E-state index contributed by atoms with van der Waals surface area (Å²) < 4.78 is 0. The zero-order chi connectivity index (χ0) is 43.8. The molecule has 0 spiro atoms. The van der Waals surface area contributed by atoms with Crippen molar-refractivity contribution >= 4 is 0 Å². The SMILES string of the molecule is CCCCCCCC/C=C\CCCCCCCCC(O)(CO)C(O)(CCCCCCCCCCCCCCCCCC)CCCCCCCCCCCCCCCCCC. The third kappa shape index (κ3) is 39.2. The maximum Gasteiger partial charge on any atom is 0.116 e. The molecule has 0 bridgehead atoms. The van der Waals surface area contributed by atoms with E-state index in [-0.39, 0.29) is 6.61 Å². The molecule has 60 heavy (non-hydrogen) atoms. The van der Waals surface area contributed by atoms with E-state index in [4.69, 9.17) is 0 Å². The van der Waals surface area contributed by atoms with Crippen LogP contribution in [-0.4, -0.2) is 33.1 Å². The summed E-state index contributed by atoms with van der Waals surface area (Å²) in [5, 5.41) is 34.7. The Morgan fingerprint density at radius 2 is 0.433 bits per heavy atom. The summed E-state index contributed by atoms with van der Waals surface area (Å²) in [6.07, 6.45) is 66.9. The van der Waals surface area contributed by atoms with Gasteiger partial charge in [0.15, 0.2) is 0 Å². The number of aliphatic hydroxyl groups is 3. The summed E-state index contributed by atoms with van der Waals surface area (Å²) in [6, 6.07) is 0. The van der Waals surface area contributed by atoms with Crippen LogP contribution in [0.4, 0.5) is 0 Å². The van der Waals surface area contributed by atoms with Gasteiger partial charge in [0.05, 0.1) is 12.2 Å². The normalized spacial score (nSPS) is 13.2. The fourth-order valence-electron chi connectivity index (χ4n) is 9.65. The second-order valence-corrected chi connectivity index (χ2v) is 20.0. The number of hydrogen-bond donors (Lipinski definition) is 3. The first-order valence-corrected chi connectivity index (χ1v) is 28.2. The van der Waals surface area contributed by atoms with E-state index in [2.05, 4.69) is 32.9 Å². The first kappa shape index (κ1) is 59.6. The maximum atomic E-state index is 12.2. The smallest absolute Gasteiger partial charge is 0.116 e. The molecule has 0 saturated heterocycles. The summed E-state index contributed by atoms with van der Waals surface area (Å²) in [7, 11) is 0. The van der Waals surface area contributed by atoms with Crippen molar-refractivity contribution in [3.63, 3.8) is 0 Å². The van der Waals surface area contributed by atoms with Crippen LogP contribution in [0, 0.1) is 0 Å². The molecule has 0 amide bonds. The first-order valence-electron chi connectivity index (χ1n) is 28.2. The van der Waals surface area contributed by atoms with E-state index >= 15 is 0 Å². The molecule has 0 rings (SSSR count). The average molecular weight is 848 g/mol. The molecule has 3 N–H and O–H groups in total. The fourth-order valence-corrected chi connectivity index (χ4v) is 9.65. The van der Waals surface area contributed by atoms with E-state index in [0.717, 1.165) is 38.5 Å². The predicted molar refractivity (Wildman–Crippen MR) is 269 cm³/mol. The standard InChI is InChI=1S/C57H114O3/c1-4-7-10-13-16-19-22-25-28-31-34-37-40-43-46-49-52-56(59,53-50-47-44-41-38-35-32-29-26-23-20-17-14-11-8-5-2)57(60,55-58)54-51-48-45-42-39-36-33-30-27-24-21-18-15-12-9-6-3/h27,30,58-60H,4-26,28-29,31-55H2,1-3H3/b30-27-. The van der Waals surface area contributed by atoms with Crippen molar-refractivity contribution in [3.05, 3.63) is 12.2 Å². The van der Waals surface area contributed by atoms with Gasteiger partial charge in [-0.3, -0.25) is 0 Å². The van der Waals surface area contributed by atoms with Gasteiger partial charge in [0.25, 0.3) is 0 Å².